The van der Waals surface area contributed by atoms with E-state index in [1.807, 2.05) is 0 Å². The van der Waals surface area contributed by atoms with Crippen LogP contribution in [0.15, 0.2) is 24.4 Å². The highest BCUT2D eigenvalue weighted by molar-refractivity contribution is 5.79. The number of hydrogen-bond acceptors (Lipinski definition) is 3. The molecule has 2 aliphatic rings. The highest BCUT2D eigenvalue weighted by Crippen LogP contribution is 2.34. The fraction of sp³-hybridized carbons (Fsp3) is 0.667. The number of likely N-dealkylation sites (tertiary alicyclic amines) is 1. The lowest BCUT2D eigenvalue weighted by atomic mass is 9.87. The van der Waals surface area contributed by atoms with Gasteiger partial charge in [-0.25, -0.2) is 0 Å². The molecular formula is C21H32N4. The van der Waals surface area contributed by atoms with Crippen LogP contribution in [0.1, 0.15) is 64.1 Å². The van der Waals surface area contributed by atoms with Gasteiger partial charge in [-0.15, -0.1) is 0 Å². The van der Waals surface area contributed by atoms with E-state index in [0.717, 1.165) is 30.9 Å². The van der Waals surface area contributed by atoms with E-state index in [-0.39, 0.29) is 5.54 Å². The third-order valence-electron chi connectivity index (χ3n) is 6.55. The Kier molecular flexibility index (Phi) is 4.37. The Bertz CT molecular complexity index is 739. The summed E-state index contributed by atoms with van der Waals surface area (Å²) in [5.74, 6) is 0.801. The fourth-order valence-electron chi connectivity index (χ4n) is 4.46. The molecule has 4 nitrogen and oxygen atoms in total. The molecule has 0 amide bonds. The molecule has 0 radical (unpaired) electrons. The maximum atomic E-state index is 4.90. The maximum absolute atomic E-state index is 4.90. The van der Waals surface area contributed by atoms with Crippen LogP contribution in [0.4, 0.5) is 0 Å². The second kappa shape index (κ2) is 6.40. The number of rotatable bonds is 2. The van der Waals surface area contributed by atoms with Gasteiger partial charge in [-0.05, 0) is 76.7 Å². The molecule has 1 aromatic heterocycles. The van der Waals surface area contributed by atoms with Crippen molar-refractivity contribution in [2.75, 3.05) is 20.1 Å². The maximum Gasteiger partial charge on any atom is 0.0923 e. The summed E-state index contributed by atoms with van der Waals surface area (Å²) in [7, 11) is 2.24. The summed E-state index contributed by atoms with van der Waals surface area (Å²) in [5.41, 5.74) is 2.79. The Morgan fingerprint density at radius 3 is 2.76 bits per heavy atom. The first-order chi connectivity index (χ1) is 11.9. The van der Waals surface area contributed by atoms with Crippen molar-refractivity contribution in [3.63, 3.8) is 0 Å². The van der Waals surface area contributed by atoms with E-state index < -0.39 is 0 Å². The Labute approximate surface area is 151 Å². The molecule has 0 spiro atoms. The van der Waals surface area contributed by atoms with E-state index in [4.69, 9.17) is 5.10 Å². The van der Waals surface area contributed by atoms with Crippen molar-refractivity contribution in [1.29, 1.82) is 0 Å². The number of fused-ring (bicyclic) bond motifs is 1. The predicted octanol–water partition coefficient (Wildman–Crippen LogP) is 4.14. The largest absolute Gasteiger partial charge is 0.310 e. The zero-order chi connectivity index (χ0) is 17.6. The molecule has 4 rings (SSSR count). The van der Waals surface area contributed by atoms with E-state index in [9.17, 15) is 0 Å². The number of aromatic nitrogens is 2. The SMILES string of the molecule is C[C@H]1CC[C@H](c2ccc3nn([C@@H]4CCN(C)C(C)(C)C4)cc3c2)NC1. The quantitative estimate of drug-likeness (QED) is 0.892. The van der Waals surface area contributed by atoms with Crippen molar-refractivity contribution in [2.45, 2.75) is 64.1 Å². The summed E-state index contributed by atoms with van der Waals surface area (Å²) in [4.78, 5) is 2.47. The lowest BCUT2D eigenvalue weighted by Crippen LogP contribution is -2.47. The molecule has 1 aromatic carbocycles. The van der Waals surface area contributed by atoms with E-state index in [1.165, 1.54) is 30.2 Å². The van der Waals surface area contributed by atoms with Crippen LogP contribution in [0.3, 0.4) is 0 Å². The van der Waals surface area contributed by atoms with E-state index in [0.29, 0.717) is 12.1 Å². The van der Waals surface area contributed by atoms with E-state index >= 15 is 0 Å². The van der Waals surface area contributed by atoms with E-state index in [2.05, 4.69) is 67.1 Å². The van der Waals surface area contributed by atoms with Crippen LogP contribution in [0.25, 0.3) is 10.9 Å². The van der Waals surface area contributed by atoms with Gasteiger partial charge in [0.25, 0.3) is 0 Å². The lowest BCUT2D eigenvalue weighted by Gasteiger charge is -2.43. The third kappa shape index (κ3) is 3.34. The smallest absolute Gasteiger partial charge is 0.0923 e. The molecule has 0 aliphatic carbocycles. The van der Waals surface area contributed by atoms with Crippen molar-refractivity contribution in [2.24, 2.45) is 5.92 Å². The summed E-state index contributed by atoms with van der Waals surface area (Å²) in [6.07, 6.45) is 7.18. The van der Waals surface area contributed by atoms with Crippen molar-refractivity contribution >= 4 is 10.9 Å². The number of piperidine rings is 2. The van der Waals surface area contributed by atoms with Crippen LogP contribution in [0.2, 0.25) is 0 Å². The van der Waals surface area contributed by atoms with Crippen LogP contribution in [-0.2, 0) is 0 Å². The molecule has 2 aromatic rings. The number of hydrogen-bond donors (Lipinski definition) is 1. The molecule has 4 heteroatoms. The predicted molar refractivity (Wildman–Crippen MR) is 104 cm³/mol. The van der Waals surface area contributed by atoms with Gasteiger partial charge in [0.15, 0.2) is 0 Å². The van der Waals surface area contributed by atoms with Gasteiger partial charge in [0.1, 0.15) is 0 Å². The van der Waals surface area contributed by atoms with Crippen LogP contribution in [-0.4, -0.2) is 40.4 Å². The summed E-state index contributed by atoms with van der Waals surface area (Å²) in [5, 5.41) is 9.89. The second-order valence-corrected chi connectivity index (χ2v) is 8.95. The number of nitrogens with zero attached hydrogens (tertiary/aromatic N) is 3. The van der Waals surface area contributed by atoms with Gasteiger partial charge in [0.05, 0.1) is 11.6 Å². The van der Waals surface area contributed by atoms with E-state index in [1.54, 1.807) is 0 Å². The summed E-state index contributed by atoms with van der Waals surface area (Å²) < 4.78 is 2.24. The van der Waals surface area contributed by atoms with Gasteiger partial charge < -0.3 is 10.2 Å². The van der Waals surface area contributed by atoms with Crippen LogP contribution in [0, 0.1) is 5.92 Å². The molecule has 136 valence electrons. The third-order valence-corrected chi connectivity index (χ3v) is 6.55. The van der Waals surface area contributed by atoms with Gasteiger partial charge in [0, 0.05) is 29.7 Å². The summed E-state index contributed by atoms with van der Waals surface area (Å²) in [6, 6.07) is 7.85. The molecule has 0 unspecified atom stereocenters. The van der Waals surface area contributed by atoms with Gasteiger partial charge in [-0.3, -0.25) is 4.68 Å². The second-order valence-electron chi connectivity index (χ2n) is 8.95. The average Bonchev–Trinajstić information content (AvgIpc) is 3.01. The molecule has 0 bridgehead atoms. The van der Waals surface area contributed by atoms with Gasteiger partial charge >= 0.3 is 0 Å². The Morgan fingerprint density at radius 1 is 1.20 bits per heavy atom. The first-order valence-electron chi connectivity index (χ1n) is 9.86. The minimum Gasteiger partial charge on any atom is -0.310 e. The zero-order valence-electron chi connectivity index (χ0n) is 16.1. The minimum absolute atomic E-state index is 0.245. The standard InChI is InChI=1S/C21H32N4/c1-15-5-7-19(22-13-15)16-6-8-20-17(11-16)14-25(23-20)18-9-10-24(4)21(2,3)12-18/h6,8,11,14-15,18-19,22H,5,7,9-10,12-13H2,1-4H3/t15-,18+,19+/m0/s1. The van der Waals surface area contributed by atoms with Crippen LogP contribution < -0.4 is 5.32 Å². The highest BCUT2D eigenvalue weighted by atomic mass is 15.3. The Hall–Kier alpha value is -1.39. The average molecular weight is 341 g/mol. The molecule has 3 atom stereocenters. The van der Waals surface area contributed by atoms with Crippen molar-refractivity contribution in [3.05, 3.63) is 30.0 Å². The van der Waals surface area contributed by atoms with Gasteiger partial charge in [-0.2, -0.15) is 5.10 Å². The zero-order valence-corrected chi connectivity index (χ0v) is 16.1. The van der Waals surface area contributed by atoms with Gasteiger partial charge in [0.2, 0.25) is 0 Å². The fourth-order valence-corrected chi connectivity index (χ4v) is 4.46. The topological polar surface area (TPSA) is 33.1 Å². The molecule has 2 saturated heterocycles. The van der Waals surface area contributed by atoms with Crippen molar-refractivity contribution in [1.82, 2.24) is 20.0 Å². The molecule has 25 heavy (non-hydrogen) atoms. The molecule has 2 aliphatic heterocycles. The molecule has 1 N–H and O–H groups in total. The Morgan fingerprint density at radius 2 is 2.04 bits per heavy atom. The van der Waals surface area contributed by atoms with Crippen LogP contribution >= 0.6 is 0 Å². The number of benzene rings is 1. The molecule has 3 heterocycles. The molecule has 2 fully saturated rings. The monoisotopic (exact) mass is 340 g/mol. The number of nitrogens with one attached hydrogen (secondary N) is 1. The van der Waals surface area contributed by atoms with Crippen molar-refractivity contribution < 1.29 is 0 Å². The molecule has 0 saturated carbocycles. The van der Waals surface area contributed by atoms with Crippen molar-refractivity contribution in [3.8, 4) is 0 Å². The normalized spacial score (nSPS) is 30.6. The summed E-state index contributed by atoms with van der Waals surface area (Å²) >= 11 is 0. The Balaban J connectivity index is 1.56. The van der Waals surface area contributed by atoms with Gasteiger partial charge in [-0.1, -0.05) is 13.0 Å². The van der Waals surface area contributed by atoms with Crippen LogP contribution in [0.5, 0.6) is 0 Å². The first-order valence-corrected chi connectivity index (χ1v) is 9.86. The summed E-state index contributed by atoms with van der Waals surface area (Å²) in [6.45, 7) is 9.29. The minimum atomic E-state index is 0.245. The first kappa shape index (κ1) is 17.0. The molecular weight excluding hydrogens is 308 g/mol. The highest BCUT2D eigenvalue weighted by Gasteiger charge is 2.33. The lowest BCUT2D eigenvalue weighted by molar-refractivity contribution is 0.0721.